The molecule has 0 unspecified atom stereocenters. The second-order valence-corrected chi connectivity index (χ2v) is 4.82. The molecule has 1 aromatic carbocycles. The Morgan fingerprint density at radius 1 is 1.38 bits per heavy atom. The number of allylic oxidation sites excluding steroid dienone is 2. The van der Waals surface area contributed by atoms with Gasteiger partial charge in [-0.3, -0.25) is 14.9 Å². The molecule has 0 aromatic heterocycles. The Morgan fingerprint density at radius 2 is 2.00 bits per heavy atom. The van der Waals surface area contributed by atoms with Crippen molar-refractivity contribution in [3.63, 3.8) is 0 Å². The number of benzene rings is 1. The van der Waals surface area contributed by atoms with Crippen LogP contribution in [0.2, 0.25) is 0 Å². The molecule has 0 fully saturated rings. The second kappa shape index (κ2) is 7.49. The van der Waals surface area contributed by atoms with Gasteiger partial charge in [0, 0.05) is 38.1 Å². The predicted molar refractivity (Wildman–Crippen MR) is 80.4 cm³/mol. The van der Waals surface area contributed by atoms with Crippen molar-refractivity contribution in [2.75, 3.05) is 19.4 Å². The molecule has 7 nitrogen and oxygen atoms in total. The van der Waals surface area contributed by atoms with Crippen molar-refractivity contribution in [3.05, 3.63) is 52.4 Å². The average Bonchev–Trinajstić information content (AvgIpc) is 2.45. The third kappa shape index (κ3) is 5.63. The highest BCUT2D eigenvalue weighted by Crippen LogP contribution is 2.29. The van der Waals surface area contributed by atoms with E-state index in [1.54, 1.807) is 14.1 Å². The van der Waals surface area contributed by atoms with E-state index in [0.717, 1.165) is 18.2 Å². The molecule has 130 valence electrons. The van der Waals surface area contributed by atoms with Crippen LogP contribution < -0.4 is 5.32 Å². The van der Waals surface area contributed by atoms with Gasteiger partial charge in [0.2, 0.25) is 0 Å². The molecule has 2 N–H and O–H groups in total. The minimum Gasteiger partial charge on any atom is -0.506 e. The summed E-state index contributed by atoms with van der Waals surface area (Å²) >= 11 is 0. The van der Waals surface area contributed by atoms with Gasteiger partial charge in [0.05, 0.1) is 16.7 Å². The number of nitro benzene ring substituents is 1. The number of non-ortho nitro benzene ring substituents is 1. The number of carbonyl (C=O) groups excluding carboxylic acids is 1. The number of phenolic OH excluding ortho intramolecular Hbond substituents is 1. The summed E-state index contributed by atoms with van der Waals surface area (Å²) in [7, 11) is 3.23. The van der Waals surface area contributed by atoms with Crippen molar-refractivity contribution >= 4 is 17.2 Å². The molecule has 1 rings (SSSR count). The number of hydrogen-bond acceptors (Lipinski definition) is 6. The number of alkyl halides is 3. The molecule has 0 aliphatic carbocycles. The molecule has 0 spiro atoms. The molecule has 0 saturated heterocycles. The first-order valence-corrected chi connectivity index (χ1v) is 6.42. The topological polar surface area (TPSA) is 95.7 Å². The molecule has 0 amide bonds. The Morgan fingerprint density at radius 3 is 2.46 bits per heavy atom. The zero-order chi connectivity index (χ0) is 18.5. The zero-order valence-electron chi connectivity index (χ0n) is 12.7. The number of phenols is 1. The largest absolute Gasteiger partial charge is 0.506 e. The summed E-state index contributed by atoms with van der Waals surface area (Å²) < 4.78 is 37.2. The third-order valence-corrected chi connectivity index (χ3v) is 2.59. The number of carbonyl (C=O) groups is 1. The van der Waals surface area contributed by atoms with Gasteiger partial charge in [-0.25, -0.2) is 0 Å². The minimum atomic E-state index is -5.05. The normalized spacial score (nSPS) is 12.3. The predicted octanol–water partition coefficient (Wildman–Crippen LogP) is 2.80. The summed E-state index contributed by atoms with van der Waals surface area (Å²) in [6.45, 7) is 0. The van der Waals surface area contributed by atoms with Gasteiger partial charge in [0.1, 0.15) is 5.75 Å². The second-order valence-electron chi connectivity index (χ2n) is 4.82. The van der Waals surface area contributed by atoms with Crippen LogP contribution in [0, 0.1) is 10.1 Å². The first kappa shape index (κ1) is 19.0. The number of rotatable bonds is 6. The number of hydrogen-bond donors (Lipinski definition) is 2. The van der Waals surface area contributed by atoms with E-state index in [4.69, 9.17) is 0 Å². The maximum Gasteiger partial charge on any atom is 0.454 e. The zero-order valence-corrected chi connectivity index (χ0v) is 12.7. The number of aromatic hydroxyl groups is 1. The summed E-state index contributed by atoms with van der Waals surface area (Å²) in [6, 6.07) is 3.00. The molecule has 0 bridgehead atoms. The lowest BCUT2D eigenvalue weighted by Gasteiger charge is -2.11. The molecule has 24 heavy (non-hydrogen) atoms. The van der Waals surface area contributed by atoms with Gasteiger partial charge in [-0.2, -0.15) is 13.2 Å². The lowest BCUT2D eigenvalue weighted by molar-refractivity contribution is -0.384. The van der Waals surface area contributed by atoms with E-state index in [-0.39, 0.29) is 11.4 Å². The monoisotopic (exact) mass is 345 g/mol. The van der Waals surface area contributed by atoms with Crippen LogP contribution in [0.1, 0.15) is 0 Å². The maximum absolute atomic E-state index is 12.4. The van der Waals surface area contributed by atoms with Crippen LogP contribution in [0.4, 0.5) is 24.5 Å². The molecule has 0 atom stereocenters. The lowest BCUT2D eigenvalue weighted by Crippen LogP contribution is -2.21. The standard InChI is InChI=1S/C14H14F3N3O4/c1-19(2)6-5-9(7-13(22)14(15,16)17)18-11-4-3-10(20(23)24)8-12(11)21/h3-8,18,21H,1-2H3/b6-5+,9-7-. The Kier molecular flexibility index (Phi) is 5.93. The number of nitro groups is 1. The van der Waals surface area contributed by atoms with E-state index in [0.29, 0.717) is 6.08 Å². The highest BCUT2D eigenvalue weighted by molar-refractivity contribution is 5.95. The highest BCUT2D eigenvalue weighted by atomic mass is 19.4. The third-order valence-electron chi connectivity index (χ3n) is 2.59. The highest BCUT2D eigenvalue weighted by Gasteiger charge is 2.36. The SMILES string of the molecule is CN(C)/C=C/C(=C/C(=O)C(F)(F)F)Nc1ccc([N+](=O)[O-])cc1O. The van der Waals surface area contributed by atoms with E-state index < -0.39 is 28.3 Å². The molecule has 0 aliphatic rings. The van der Waals surface area contributed by atoms with Crippen molar-refractivity contribution in [1.29, 1.82) is 0 Å². The number of anilines is 1. The van der Waals surface area contributed by atoms with Gasteiger partial charge in [-0.15, -0.1) is 0 Å². The van der Waals surface area contributed by atoms with Crippen LogP contribution in [0.5, 0.6) is 5.75 Å². The van der Waals surface area contributed by atoms with Crippen molar-refractivity contribution in [2.45, 2.75) is 6.18 Å². The van der Waals surface area contributed by atoms with Gasteiger partial charge >= 0.3 is 6.18 Å². The summed E-state index contributed by atoms with van der Waals surface area (Å²) in [4.78, 5) is 22.5. The van der Waals surface area contributed by atoms with Gasteiger partial charge < -0.3 is 15.3 Å². The summed E-state index contributed by atoms with van der Waals surface area (Å²) in [5.74, 6) is -2.64. The van der Waals surface area contributed by atoms with Crippen molar-refractivity contribution in [1.82, 2.24) is 4.90 Å². The summed E-state index contributed by atoms with van der Waals surface area (Å²) in [5, 5.41) is 22.7. The molecule has 0 aliphatic heterocycles. The minimum absolute atomic E-state index is 0.0924. The number of nitrogens with zero attached hydrogens (tertiary/aromatic N) is 2. The Labute approximate surface area is 134 Å². The van der Waals surface area contributed by atoms with Gasteiger partial charge in [0.15, 0.2) is 0 Å². The van der Waals surface area contributed by atoms with Gasteiger partial charge in [-0.1, -0.05) is 0 Å². The molecular formula is C14H14F3N3O4. The molecular weight excluding hydrogens is 331 g/mol. The fourth-order valence-electron chi connectivity index (χ4n) is 1.47. The first-order valence-electron chi connectivity index (χ1n) is 6.42. The van der Waals surface area contributed by atoms with Crippen LogP contribution in [-0.4, -0.2) is 41.0 Å². The van der Waals surface area contributed by atoms with E-state index >= 15 is 0 Å². The Balaban J connectivity index is 3.16. The van der Waals surface area contributed by atoms with Crippen LogP contribution >= 0.6 is 0 Å². The summed E-state index contributed by atoms with van der Waals surface area (Å²) in [5.41, 5.74) is -0.737. The van der Waals surface area contributed by atoms with Crippen molar-refractivity contribution in [3.8, 4) is 5.75 Å². The van der Waals surface area contributed by atoms with Crippen LogP contribution in [0.3, 0.4) is 0 Å². The first-order chi connectivity index (χ1) is 11.0. The maximum atomic E-state index is 12.4. The molecule has 0 radical (unpaired) electrons. The van der Waals surface area contributed by atoms with E-state index in [9.17, 15) is 33.2 Å². The Bertz CT molecular complexity index is 697. The van der Waals surface area contributed by atoms with Crippen LogP contribution in [-0.2, 0) is 4.79 Å². The van der Waals surface area contributed by atoms with E-state index in [1.807, 2.05) is 0 Å². The quantitative estimate of drug-likeness (QED) is 0.271. The van der Waals surface area contributed by atoms with E-state index in [2.05, 4.69) is 5.32 Å². The Hall–Kier alpha value is -3.04. The van der Waals surface area contributed by atoms with Crippen molar-refractivity contribution < 1.29 is 28.0 Å². The number of halogens is 3. The molecule has 0 saturated carbocycles. The fourth-order valence-corrected chi connectivity index (χ4v) is 1.47. The number of nitrogens with one attached hydrogen (secondary N) is 1. The number of ketones is 1. The smallest absolute Gasteiger partial charge is 0.454 e. The van der Waals surface area contributed by atoms with E-state index in [1.165, 1.54) is 17.2 Å². The summed E-state index contributed by atoms with van der Waals surface area (Å²) in [6.07, 6.45) is -2.16. The van der Waals surface area contributed by atoms with Crippen LogP contribution in [0.15, 0.2) is 42.2 Å². The molecule has 0 heterocycles. The van der Waals surface area contributed by atoms with Crippen molar-refractivity contribution in [2.24, 2.45) is 0 Å². The molecule has 1 aromatic rings. The fraction of sp³-hybridized carbons (Fsp3) is 0.214. The van der Waals surface area contributed by atoms with Gasteiger partial charge in [0.25, 0.3) is 11.5 Å². The average molecular weight is 345 g/mol. The lowest BCUT2D eigenvalue weighted by atomic mass is 10.2. The van der Waals surface area contributed by atoms with Gasteiger partial charge in [-0.05, 0) is 12.1 Å². The molecule has 10 heteroatoms. The van der Waals surface area contributed by atoms with Crippen LogP contribution in [0.25, 0.3) is 0 Å².